The van der Waals surface area contributed by atoms with Crippen molar-refractivity contribution in [3.05, 3.63) is 46.5 Å². The third-order valence-electron chi connectivity index (χ3n) is 7.83. The summed E-state index contributed by atoms with van der Waals surface area (Å²) in [4.78, 5) is 37.8. The molecule has 1 aromatic rings. The number of nitrogens with one attached hydrogen (secondary N) is 2. The number of alkyl carbamates (subject to hydrolysis) is 1. The summed E-state index contributed by atoms with van der Waals surface area (Å²) in [5, 5.41) is 17.0. The van der Waals surface area contributed by atoms with Gasteiger partial charge in [0.1, 0.15) is 34.7 Å². The molecule has 0 radical (unpaired) electrons. The number of methoxy groups -OCH3 is 2. The van der Waals surface area contributed by atoms with Gasteiger partial charge in [-0.3, -0.25) is 14.9 Å². The second-order valence-electron chi connectivity index (χ2n) is 11.0. The maximum Gasteiger partial charge on any atom is 0.409 e. The number of carbonyl (C=O) groups is 3. The average Bonchev–Trinajstić information content (AvgIpc) is 3.58. The number of hydrogen-bond acceptors (Lipinski definition) is 9. The fourth-order valence-corrected chi connectivity index (χ4v) is 5.84. The smallest absolute Gasteiger partial charge is 0.409 e. The van der Waals surface area contributed by atoms with Crippen molar-refractivity contribution in [3.63, 3.8) is 0 Å². The van der Waals surface area contributed by atoms with Gasteiger partial charge in [0.05, 0.1) is 25.3 Å². The lowest BCUT2D eigenvalue weighted by Gasteiger charge is -2.42. The van der Waals surface area contributed by atoms with Crippen LogP contribution in [0.25, 0.3) is 0 Å². The van der Waals surface area contributed by atoms with Crippen molar-refractivity contribution in [2.75, 3.05) is 19.5 Å². The van der Waals surface area contributed by atoms with Crippen LogP contribution in [0.5, 0.6) is 5.75 Å². The van der Waals surface area contributed by atoms with Gasteiger partial charge in [-0.1, -0.05) is 42.3 Å². The number of amides is 2. The van der Waals surface area contributed by atoms with Crippen LogP contribution >= 0.6 is 11.6 Å². The van der Waals surface area contributed by atoms with Crippen LogP contribution in [0.3, 0.4) is 0 Å². The Bertz CT molecular complexity index is 1270. The molecule has 2 fully saturated rings. The Labute approximate surface area is 244 Å². The number of aliphatic hydroxyl groups is 1. The van der Waals surface area contributed by atoms with Crippen LogP contribution < -0.4 is 15.4 Å². The first-order valence-electron chi connectivity index (χ1n) is 13.4. The third-order valence-corrected chi connectivity index (χ3v) is 8.22. The minimum absolute atomic E-state index is 0.00420. The molecule has 2 amide bonds. The van der Waals surface area contributed by atoms with Gasteiger partial charge in [0, 0.05) is 26.4 Å². The van der Waals surface area contributed by atoms with Crippen LogP contribution in [-0.2, 0) is 35.0 Å². The van der Waals surface area contributed by atoms with E-state index >= 15 is 0 Å². The highest BCUT2D eigenvalue weighted by Crippen LogP contribution is 2.49. The summed E-state index contributed by atoms with van der Waals surface area (Å²) in [6.45, 7) is 6.73. The van der Waals surface area contributed by atoms with Crippen molar-refractivity contribution in [1.29, 1.82) is 0 Å². The molecule has 7 atom stereocenters. The first kappa shape index (κ1) is 30.8. The quantitative estimate of drug-likeness (QED) is 0.353. The number of hydrogen-bond donors (Lipinski definition) is 3. The molecule has 11 nitrogen and oxygen atoms in total. The average molecular weight is 593 g/mol. The monoisotopic (exact) mass is 592 g/mol. The van der Waals surface area contributed by atoms with E-state index in [4.69, 9.17) is 35.3 Å². The Morgan fingerprint density at radius 2 is 1.98 bits per heavy atom. The van der Waals surface area contributed by atoms with Crippen molar-refractivity contribution < 1.29 is 43.2 Å². The minimum Gasteiger partial charge on any atom is -0.495 e. The van der Waals surface area contributed by atoms with Gasteiger partial charge in [-0.2, -0.15) is 0 Å². The second-order valence-corrected chi connectivity index (χ2v) is 11.4. The molecule has 41 heavy (non-hydrogen) atoms. The van der Waals surface area contributed by atoms with Crippen LogP contribution in [0.15, 0.2) is 35.9 Å². The number of epoxide rings is 1. The number of esters is 1. The molecule has 224 valence electrons. The van der Waals surface area contributed by atoms with Gasteiger partial charge in [0.25, 0.3) is 0 Å². The number of rotatable bonds is 3. The topological polar surface area (TPSA) is 145 Å². The number of carbonyl (C=O) groups excluding carboxylic acids is 3. The molecule has 4 bridgehead atoms. The van der Waals surface area contributed by atoms with Gasteiger partial charge in [-0.25, -0.2) is 4.79 Å². The number of halogens is 1. The fraction of sp³-hybridized carbons (Fsp3) is 0.552. The molecule has 3 aliphatic rings. The minimum atomic E-state index is -1.76. The summed E-state index contributed by atoms with van der Waals surface area (Å²) in [6.07, 6.45) is 1.61. The van der Waals surface area contributed by atoms with Crippen LogP contribution in [-0.4, -0.2) is 73.0 Å². The van der Waals surface area contributed by atoms with Gasteiger partial charge >= 0.3 is 12.1 Å². The zero-order valence-corrected chi connectivity index (χ0v) is 24.7. The highest BCUT2D eigenvalue weighted by molar-refractivity contribution is 6.35. The molecular weight excluding hydrogens is 556 g/mol. The lowest BCUT2D eigenvalue weighted by atomic mass is 9.83. The summed E-state index contributed by atoms with van der Waals surface area (Å²) < 4.78 is 28.1. The van der Waals surface area contributed by atoms with Gasteiger partial charge in [0.15, 0.2) is 5.72 Å². The molecule has 3 aliphatic heterocycles. The summed E-state index contributed by atoms with van der Waals surface area (Å²) in [7, 11) is 2.93. The van der Waals surface area contributed by atoms with E-state index in [-0.39, 0.29) is 17.9 Å². The highest BCUT2D eigenvalue weighted by atomic mass is 35.5. The zero-order valence-electron chi connectivity index (χ0n) is 24.0. The van der Waals surface area contributed by atoms with Crippen LogP contribution in [0, 0.1) is 5.92 Å². The van der Waals surface area contributed by atoms with Crippen molar-refractivity contribution in [2.24, 2.45) is 5.92 Å². The van der Waals surface area contributed by atoms with E-state index in [9.17, 15) is 19.5 Å². The lowest BCUT2D eigenvalue weighted by Crippen LogP contribution is -2.63. The number of allylic oxidation sites excluding steroid dienone is 3. The van der Waals surface area contributed by atoms with E-state index < -0.39 is 59.6 Å². The van der Waals surface area contributed by atoms with Gasteiger partial charge in [-0.05, 0) is 38.0 Å². The molecule has 0 spiro atoms. The van der Waals surface area contributed by atoms with E-state index in [1.54, 1.807) is 31.2 Å². The molecule has 0 saturated carbocycles. The summed E-state index contributed by atoms with van der Waals surface area (Å²) in [5.41, 5.74) is -0.681. The van der Waals surface area contributed by atoms with Gasteiger partial charge in [0.2, 0.25) is 5.91 Å². The Balaban J connectivity index is 1.75. The first-order valence-corrected chi connectivity index (χ1v) is 13.8. The number of anilines is 1. The van der Waals surface area contributed by atoms with E-state index in [0.29, 0.717) is 17.9 Å². The molecule has 4 rings (SSSR count). The standard InChI is InChI=1S/C29H37ClN2O9/c1-15-8-7-9-22(38-6)29(36)14-21(40-27(35)32-29)16(2)26-28(4,41-26)23(39-17(3)33)13-24(34)31-19-11-18(10-15)12-20(37-5)25(19)30/h7-9,11-12,16,21-23,26,36H,10,13-14H2,1-6H3,(H,31,34)(H,32,35)/b9-7+,15-8+. The molecule has 1 aromatic carbocycles. The normalized spacial score (nSPS) is 35.9. The van der Waals surface area contributed by atoms with E-state index in [1.807, 2.05) is 19.9 Å². The number of benzene rings is 1. The SMILES string of the molecule is COc1cc2cc(c1Cl)NC(=O)CC(OC(C)=O)C1(C)OC1C(C)C1CC(O)(NC(=O)O1)C(OC)/C=C/C=C(\C)C2. The fourth-order valence-electron chi connectivity index (χ4n) is 5.61. The molecule has 2 saturated heterocycles. The predicted octanol–water partition coefficient (Wildman–Crippen LogP) is 3.66. The summed E-state index contributed by atoms with van der Waals surface area (Å²) >= 11 is 6.53. The molecule has 12 heteroatoms. The van der Waals surface area contributed by atoms with E-state index in [0.717, 1.165) is 11.1 Å². The van der Waals surface area contributed by atoms with Crippen LogP contribution in [0.2, 0.25) is 5.02 Å². The molecule has 7 unspecified atom stereocenters. The van der Waals surface area contributed by atoms with Crippen LogP contribution in [0.4, 0.5) is 10.5 Å². The Morgan fingerprint density at radius 3 is 2.63 bits per heavy atom. The van der Waals surface area contributed by atoms with Gasteiger partial charge < -0.3 is 34.1 Å². The summed E-state index contributed by atoms with van der Waals surface area (Å²) in [5.74, 6) is -1.06. The Morgan fingerprint density at radius 1 is 1.24 bits per heavy atom. The Hall–Kier alpha value is -3.12. The molecule has 3 heterocycles. The number of ether oxygens (including phenoxy) is 5. The van der Waals surface area contributed by atoms with Gasteiger partial charge in [-0.15, -0.1) is 0 Å². The lowest BCUT2D eigenvalue weighted by molar-refractivity contribution is -0.151. The number of fused-ring (bicyclic) bond motifs is 5. The second kappa shape index (κ2) is 12.0. The first-order chi connectivity index (χ1) is 19.3. The molecule has 0 aliphatic carbocycles. The van der Waals surface area contributed by atoms with Crippen molar-refractivity contribution in [3.8, 4) is 5.75 Å². The van der Waals surface area contributed by atoms with Crippen molar-refractivity contribution >= 4 is 35.3 Å². The van der Waals surface area contributed by atoms with E-state index in [2.05, 4.69) is 10.6 Å². The zero-order chi connectivity index (χ0) is 30.1. The predicted molar refractivity (Wildman–Crippen MR) is 150 cm³/mol. The molecular formula is C29H37ClN2O9. The van der Waals surface area contributed by atoms with Crippen molar-refractivity contribution in [2.45, 2.75) is 82.7 Å². The summed E-state index contributed by atoms with van der Waals surface area (Å²) in [6, 6.07) is 3.54. The third kappa shape index (κ3) is 6.69. The van der Waals surface area contributed by atoms with Crippen molar-refractivity contribution in [1.82, 2.24) is 5.32 Å². The van der Waals surface area contributed by atoms with Crippen LogP contribution in [0.1, 0.15) is 46.1 Å². The molecule has 3 N–H and O–H groups in total. The maximum absolute atomic E-state index is 13.2. The molecule has 0 aromatic heterocycles. The van der Waals surface area contributed by atoms with E-state index in [1.165, 1.54) is 21.1 Å². The largest absolute Gasteiger partial charge is 0.495 e. The maximum atomic E-state index is 13.2. The Kier molecular flexibility index (Phi) is 9.03. The highest BCUT2D eigenvalue weighted by Gasteiger charge is 2.64.